The van der Waals surface area contributed by atoms with Gasteiger partial charge in [-0.3, -0.25) is 24.2 Å². The Balaban J connectivity index is 1.22. The highest BCUT2D eigenvalue weighted by Gasteiger charge is 2.32. The van der Waals surface area contributed by atoms with Gasteiger partial charge in [0.15, 0.2) is 6.61 Å². The third-order valence-corrected chi connectivity index (χ3v) is 11.0. The number of benzene rings is 4. The molecule has 2 bridgehead atoms. The number of thiophene rings is 1. The quantitative estimate of drug-likeness (QED) is 0.124. The molecule has 0 spiro atoms. The lowest BCUT2D eigenvalue weighted by Crippen LogP contribution is -2.59. The van der Waals surface area contributed by atoms with E-state index in [4.69, 9.17) is 4.74 Å². The first-order valence-electron chi connectivity index (χ1n) is 19.5. The highest BCUT2D eigenvalue weighted by molar-refractivity contribution is 7.09. The summed E-state index contributed by atoms with van der Waals surface area (Å²) in [6.45, 7) is -0.399. The first kappa shape index (κ1) is 41.1. The van der Waals surface area contributed by atoms with Crippen molar-refractivity contribution in [1.29, 1.82) is 0 Å². The fourth-order valence-electron chi connectivity index (χ4n) is 6.92. The van der Waals surface area contributed by atoms with Crippen LogP contribution in [0.1, 0.15) is 21.6 Å². The Bertz CT molecular complexity index is 2390. The van der Waals surface area contributed by atoms with Crippen LogP contribution in [-0.2, 0) is 49.7 Å². The summed E-state index contributed by atoms with van der Waals surface area (Å²) in [5.41, 5.74) is 5.78. The normalized spacial score (nSPS) is 19.0. The molecule has 0 aliphatic carbocycles. The summed E-state index contributed by atoms with van der Waals surface area (Å²) in [7, 11) is 0. The molecule has 4 atom stereocenters. The van der Waals surface area contributed by atoms with E-state index in [2.05, 4.69) is 26.3 Å². The number of nitrogens with one attached hydrogen (secondary N) is 4. The van der Waals surface area contributed by atoms with Gasteiger partial charge in [0.2, 0.25) is 17.7 Å². The van der Waals surface area contributed by atoms with Crippen LogP contribution in [0, 0.1) is 0 Å². The van der Waals surface area contributed by atoms with Gasteiger partial charge in [0.05, 0.1) is 0 Å². The SMILES string of the molecule is O=C1COc2ccc(cc2)C[C@@H](C(=O)O)NC(=O)[C@H](Cc2ccc(-c3cccnc3)cc2)NC(=O)[C@@H](Cc2ccc(-c3ccccc3)cc2)NC(=O)[C@H](Cc2cccs2)N1. The van der Waals surface area contributed by atoms with E-state index in [9.17, 15) is 29.1 Å². The third kappa shape index (κ3) is 11.1. The van der Waals surface area contributed by atoms with E-state index in [0.29, 0.717) is 16.9 Å². The fraction of sp³-hybridized carbons (Fsp3) is 0.191. The number of ether oxygens (including phenoxy) is 1. The largest absolute Gasteiger partial charge is 0.484 e. The summed E-state index contributed by atoms with van der Waals surface area (Å²) < 4.78 is 5.71. The fourth-order valence-corrected chi connectivity index (χ4v) is 7.67. The number of amides is 4. The second-order valence-electron chi connectivity index (χ2n) is 14.5. The van der Waals surface area contributed by atoms with Gasteiger partial charge in [-0.25, -0.2) is 4.79 Å². The topological polar surface area (TPSA) is 176 Å². The maximum absolute atomic E-state index is 14.5. The summed E-state index contributed by atoms with van der Waals surface area (Å²) in [5.74, 6) is -3.47. The zero-order valence-corrected chi connectivity index (χ0v) is 33.3. The highest BCUT2D eigenvalue weighted by atomic mass is 32.1. The number of rotatable bonds is 9. The van der Waals surface area contributed by atoms with E-state index in [1.165, 1.54) is 11.3 Å². The number of hydrogen-bond acceptors (Lipinski definition) is 8. The Kier molecular flexibility index (Phi) is 13.4. The lowest BCUT2D eigenvalue weighted by Gasteiger charge is -2.26. The van der Waals surface area contributed by atoms with Crippen molar-refractivity contribution < 1.29 is 33.8 Å². The van der Waals surface area contributed by atoms with E-state index in [-0.39, 0.29) is 25.7 Å². The number of pyridine rings is 1. The van der Waals surface area contributed by atoms with Gasteiger partial charge in [-0.2, -0.15) is 0 Å². The molecule has 304 valence electrons. The maximum Gasteiger partial charge on any atom is 0.326 e. The molecule has 0 fully saturated rings. The van der Waals surface area contributed by atoms with Gasteiger partial charge in [0.1, 0.15) is 29.9 Å². The van der Waals surface area contributed by atoms with Crippen LogP contribution in [-0.4, -0.2) is 70.5 Å². The van der Waals surface area contributed by atoms with Gasteiger partial charge in [-0.05, 0) is 68.6 Å². The van der Waals surface area contributed by atoms with Gasteiger partial charge < -0.3 is 31.1 Å². The number of aliphatic carboxylic acids is 1. The van der Waals surface area contributed by atoms with Crippen LogP contribution in [0.3, 0.4) is 0 Å². The average molecular weight is 822 g/mol. The summed E-state index contributed by atoms with van der Waals surface area (Å²) in [5, 5.41) is 23.2. The first-order chi connectivity index (χ1) is 29.2. The molecular weight excluding hydrogens is 779 g/mol. The van der Waals surface area contributed by atoms with Gasteiger partial charge in [-0.15, -0.1) is 11.3 Å². The third-order valence-electron chi connectivity index (χ3n) is 10.1. The van der Waals surface area contributed by atoms with Crippen LogP contribution in [0.25, 0.3) is 22.3 Å². The van der Waals surface area contributed by atoms with Gasteiger partial charge >= 0.3 is 5.97 Å². The predicted molar refractivity (Wildman–Crippen MR) is 228 cm³/mol. The average Bonchev–Trinajstić information content (AvgIpc) is 3.79. The van der Waals surface area contributed by atoms with Gasteiger partial charge in [-0.1, -0.05) is 103 Å². The van der Waals surface area contributed by atoms with Crippen LogP contribution in [0.4, 0.5) is 0 Å². The molecule has 13 heteroatoms. The Hall–Kier alpha value is -7.12. The zero-order valence-electron chi connectivity index (χ0n) is 32.5. The Morgan fingerprint density at radius 2 is 1.18 bits per heavy atom. The molecule has 0 radical (unpaired) electrons. The molecule has 60 heavy (non-hydrogen) atoms. The molecule has 12 nitrogen and oxygen atoms in total. The van der Waals surface area contributed by atoms with Crippen molar-refractivity contribution in [3.05, 3.63) is 167 Å². The Labute approximate surface area is 351 Å². The molecular formula is C47H43N5O7S. The molecule has 6 aromatic rings. The molecule has 0 unspecified atom stereocenters. The van der Waals surface area contributed by atoms with E-state index in [1.54, 1.807) is 36.7 Å². The van der Waals surface area contributed by atoms with E-state index >= 15 is 0 Å². The van der Waals surface area contributed by atoms with Crippen LogP contribution in [0.15, 0.2) is 145 Å². The monoisotopic (exact) mass is 821 g/mol. The van der Waals surface area contributed by atoms with Crippen LogP contribution >= 0.6 is 11.3 Å². The number of carbonyl (C=O) groups is 5. The smallest absolute Gasteiger partial charge is 0.326 e. The lowest BCUT2D eigenvalue weighted by atomic mass is 9.98. The number of aromatic nitrogens is 1. The molecule has 4 amide bonds. The van der Waals surface area contributed by atoms with Crippen LogP contribution in [0.2, 0.25) is 0 Å². The minimum absolute atomic E-state index is 0.00671. The van der Waals surface area contributed by atoms with Crippen molar-refractivity contribution in [3.63, 3.8) is 0 Å². The highest BCUT2D eigenvalue weighted by Crippen LogP contribution is 2.22. The number of carbonyl (C=O) groups excluding carboxylic acids is 4. The Morgan fingerprint density at radius 3 is 1.75 bits per heavy atom. The van der Waals surface area contributed by atoms with Crippen molar-refractivity contribution in [2.45, 2.75) is 49.9 Å². The van der Waals surface area contributed by atoms with E-state index < -0.39 is 60.4 Å². The molecule has 5 N–H and O–H groups in total. The summed E-state index contributed by atoms with van der Waals surface area (Å²) >= 11 is 1.43. The molecule has 2 aliphatic heterocycles. The minimum atomic E-state index is -1.35. The standard InChI is InChI=1S/C47H43N5O7S/c53-43-29-59-37-20-14-32(15-21-37)26-42(47(57)58)52-45(55)40(25-31-12-18-35(19-13-31)36-8-4-22-48-28-36)50-44(54)39(51-46(56)41(49-43)27-38-9-5-23-60-38)24-30-10-16-34(17-11-30)33-6-2-1-3-7-33/h1-23,28,39-42H,24-27,29H2,(H,49,53)(H,50,54)(H,51,56)(H,52,55)(H,57,58)/t39-,40+,41+,42+/m1/s1. The summed E-state index contributed by atoms with van der Waals surface area (Å²) in [4.78, 5) is 73.7. The molecule has 0 saturated heterocycles. The summed E-state index contributed by atoms with van der Waals surface area (Å²) in [6, 6.07) is 33.9. The number of fused-ring (bicyclic) bond motifs is 16. The zero-order chi connectivity index (χ0) is 41.8. The predicted octanol–water partition coefficient (Wildman–Crippen LogP) is 5.16. The molecule has 0 saturated carbocycles. The van der Waals surface area contributed by atoms with Crippen molar-refractivity contribution in [2.24, 2.45) is 0 Å². The van der Waals surface area contributed by atoms with Gasteiger partial charge in [0, 0.05) is 43.0 Å². The molecule has 2 aromatic heterocycles. The molecule has 2 aliphatic rings. The van der Waals surface area contributed by atoms with Crippen molar-refractivity contribution in [1.82, 2.24) is 26.3 Å². The number of carboxylic acid groups (broad SMARTS) is 1. The maximum atomic E-state index is 14.5. The van der Waals surface area contributed by atoms with Crippen LogP contribution in [0.5, 0.6) is 5.75 Å². The van der Waals surface area contributed by atoms with E-state index in [1.807, 2.05) is 109 Å². The minimum Gasteiger partial charge on any atom is -0.484 e. The van der Waals surface area contributed by atoms with Gasteiger partial charge in [0.25, 0.3) is 5.91 Å². The van der Waals surface area contributed by atoms with Crippen molar-refractivity contribution >= 4 is 40.9 Å². The second kappa shape index (κ2) is 19.6. The molecule has 8 rings (SSSR count). The number of hydrogen-bond donors (Lipinski definition) is 5. The summed E-state index contributed by atoms with van der Waals surface area (Å²) in [6.07, 6.45) is 3.55. The lowest BCUT2D eigenvalue weighted by molar-refractivity contribution is -0.142. The van der Waals surface area contributed by atoms with Crippen molar-refractivity contribution in [3.8, 4) is 28.0 Å². The van der Waals surface area contributed by atoms with Crippen molar-refractivity contribution in [2.75, 3.05) is 6.61 Å². The van der Waals surface area contributed by atoms with E-state index in [0.717, 1.165) is 32.7 Å². The first-order valence-corrected chi connectivity index (χ1v) is 20.4. The number of carboxylic acids is 1. The second-order valence-corrected chi connectivity index (χ2v) is 15.5. The Morgan fingerprint density at radius 1 is 0.617 bits per heavy atom. The number of nitrogens with zero attached hydrogens (tertiary/aromatic N) is 1. The van der Waals surface area contributed by atoms with Crippen LogP contribution < -0.4 is 26.0 Å². The molecule has 4 heterocycles. The molecule has 4 aromatic carbocycles.